The molecule has 1 aliphatic rings. The van der Waals surface area contributed by atoms with Crippen LogP contribution in [-0.2, 0) is 4.79 Å². The Morgan fingerprint density at radius 3 is 2.56 bits per heavy atom. The van der Waals surface area contributed by atoms with Crippen molar-refractivity contribution < 1.29 is 23.0 Å². The lowest BCUT2D eigenvalue weighted by molar-refractivity contribution is -0.122. The number of hydrogen-bond acceptors (Lipinski definition) is 7. The molecule has 1 fully saturated rings. The molecule has 0 spiro atoms. The molecule has 1 aromatic carbocycles. The number of halogens is 3. The molecule has 13 heteroatoms. The lowest BCUT2D eigenvalue weighted by Crippen LogP contribution is -2.42. The van der Waals surface area contributed by atoms with Gasteiger partial charge in [-0.15, -0.1) is 9.24 Å². The highest BCUT2D eigenvalue weighted by Crippen LogP contribution is 2.45. The summed E-state index contributed by atoms with van der Waals surface area (Å²) in [5.41, 5.74) is 2.39. The van der Waals surface area contributed by atoms with Gasteiger partial charge in [0.1, 0.15) is 11.5 Å². The molecule has 1 aliphatic carbocycles. The molecular formula is C26H34F2IN6O3P. The van der Waals surface area contributed by atoms with Gasteiger partial charge in [0.2, 0.25) is 0 Å². The minimum Gasteiger partial charge on any atom is -0.340 e. The number of nitrogens with zero attached hydrogens (tertiary/aromatic N) is 4. The van der Waals surface area contributed by atoms with Gasteiger partial charge in [-0.05, 0) is 91.7 Å². The maximum Gasteiger partial charge on any atom is 0.278 e. The molecule has 2 heterocycles. The Morgan fingerprint density at radius 2 is 2.00 bits per heavy atom. The zero-order valence-corrected chi connectivity index (χ0v) is 26.0. The summed E-state index contributed by atoms with van der Waals surface area (Å²) in [4.78, 5) is 36.0. The fourth-order valence-electron chi connectivity index (χ4n) is 5.22. The van der Waals surface area contributed by atoms with Crippen LogP contribution < -0.4 is 10.6 Å². The summed E-state index contributed by atoms with van der Waals surface area (Å²) in [6, 6.07) is 2.23. The van der Waals surface area contributed by atoms with Crippen LogP contribution >= 0.6 is 31.8 Å². The molecule has 3 aromatic rings. The second kappa shape index (κ2) is 11.4. The summed E-state index contributed by atoms with van der Waals surface area (Å²) in [7, 11) is 4.31. The van der Waals surface area contributed by atoms with Gasteiger partial charge < -0.3 is 9.88 Å². The van der Waals surface area contributed by atoms with Crippen molar-refractivity contribution in [3.63, 3.8) is 0 Å². The molecular weight excluding hydrogens is 640 g/mol. The number of aromatic nitrogens is 4. The SMILES string of the molecule is CCC(=O)[C@@H](NC(C)(C)F)c1ccc2[nH]c([C@H](C3CCC(F)(I)CC3)N(C)C(=O)c3nonc3C)nc2c1P. The number of Topliss-reactive ketones (excluding diaryl/α,β-unsaturated/α-hetero) is 1. The predicted molar refractivity (Wildman–Crippen MR) is 155 cm³/mol. The van der Waals surface area contributed by atoms with Gasteiger partial charge in [0.25, 0.3) is 5.91 Å². The average Bonchev–Trinajstić information content (AvgIpc) is 3.49. The van der Waals surface area contributed by atoms with Crippen LogP contribution in [0.3, 0.4) is 0 Å². The summed E-state index contributed by atoms with van der Waals surface area (Å²) < 4.78 is 32.7. The minimum atomic E-state index is -1.77. The van der Waals surface area contributed by atoms with Crippen LogP contribution in [0.15, 0.2) is 16.8 Å². The molecule has 9 nitrogen and oxygen atoms in total. The summed E-state index contributed by atoms with van der Waals surface area (Å²) in [5.74, 6) is -1.81. The average molecular weight is 674 g/mol. The van der Waals surface area contributed by atoms with Gasteiger partial charge in [-0.3, -0.25) is 14.9 Å². The van der Waals surface area contributed by atoms with Crippen LogP contribution in [0, 0.1) is 12.8 Å². The Kier molecular flexibility index (Phi) is 8.78. The number of imidazole rings is 1. The van der Waals surface area contributed by atoms with E-state index in [2.05, 4.69) is 29.9 Å². The molecule has 1 unspecified atom stereocenters. The largest absolute Gasteiger partial charge is 0.340 e. The first-order valence-corrected chi connectivity index (χ1v) is 14.6. The quantitative estimate of drug-likeness (QED) is 0.139. The second-order valence-electron chi connectivity index (χ2n) is 10.7. The maximum absolute atomic E-state index is 14.7. The summed E-state index contributed by atoms with van der Waals surface area (Å²) >= 11 is 1.86. The van der Waals surface area contributed by atoms with Gasteiger partial charge in [0.05, 0.1) is 23.1 Å². The van der Waals surface area contributed by atoms with Crippen molar-refractivity contribution in [3.05, 3.63) is 34.9 Å². The van der Waals surface area contributed by atoms with E-state index >= 15 is 0 Å². The van der Waals surface area contributed by atoms with Crippen molar-refractivity contribution in [2.75, 3.05) is 7.05 Å². The molecule has 1 amide bonds. The number of carbonyl (C=O) groups is 2. The smallest absolute Gasteiger partial charge is 0.278 e. The fourth-order valence-corrected chi connectivity index (χ4v) is 6.33. The number of rotatable bonds is 9. The Labute approximate surface area is 241 Å². The number of aryl methyl sites for hydroxylation is 1. The monoisotopic (exact) mass is 674 g/mol. The van der Waals surface area contributed by atoms with Crippen molar-refractivity contribution in [2.24, 2.45) is 5.92 Å². The van der Waals surface area contributed by atoms with E-state index in [1.807, 2.05) is 22.6 Å². The first-order chi connectivity index (χ1) is 18.2. The number of hydrogen-bond donors (Lipinski definition) is 2. The number of fused-ring (bicyclic) bond motifs is 1. The normalized spacial score (nSPS) is 21.6. The fraction of sp³-hybridized carbons (Fsp3) is 0.577. The Hall–Kier alpha value is -2.05. The van der Waals surface area contributed by atoms with Gasteiger partial charge >= 0.3 is 0 Å². The molecule has 0 bridgehead atoms. The molecule has 0 radical (unpaired) electrons. The van der Waals surface area contributed by atoms with Crippen molar-refractivity contribution in [1.82, 2.24) is 30.5 Å². The molecule has 4 rings (SSSR count). The third-order valence-corrected chi connectivity index (χ3v) is 8.98. The first kappa shape index (κ1) is 29.9. The minimum absolute atomic E-state index is 0.0610. The molecule has 2 N–H and O–H groups in total. The van der Waals surface area contributed by atoms with E-state index in [4.69, 9.17) is 9.61 Å². The van der Waals surface area contributed by atoms with Gasteiger partial charge in [0, 0.05) is 18.8 Å². The predicted octanol–water partition coefficient (Wildman–Crippen LogP) is 5.17. The molecule has 2 aromatic heterocycles. The van der Waals surface area contributed by atoms with Gasteiger partial charge in [0.15, 0.2) is 20.9 Å². The van der Waals surface area contributed by atoms with Crippen molar-refractivity contribution in [2.45, 2.75) is 81.4 Å². The Balaban J connectivity index is 1.77. The van der Waals surface area contributed by atoms with Gasteiger partial charge in [-0.1, -0.05) is 18.1 Å². The molecule has 3 atom stereocenters. The van der Waals surface area contributed by atoms with Crippen molar-refractivity contribution in [3.8, 4) is 0 Å². The first-order valence-electron chi connectivity index (χ1n) is 12.9. The van der Waals surface area contributed by atoms with Gasteiger partial charge in [-0.2, -0.15) is 0 Å². The highest BCUT2D eigenvalue weighted by molar-refractivity contribution is 14.1. The zero-order chi connectivity index (χ0) is 28.7. The van der Waals surface area contributed by atoms with Crippen LogP contribution in [0.25, 0.3) is 11.0 Å². The number of amides is 1. The summed E-state index contributed by atoms with van der Waals surface area (Å²) in [6.07, 6.45) is 2.10. The second-order valence-corrected chi connectivity index (χ2v) is 13.2. The number of nitrogens with one attached hydrogen (secondary N) is 2. The topological polar surface area (TPSA) is 117 Å². The zero-order valence-electron chi connectivity index (χ0n) is 22.6. The summed E-state index contributed by atoms with van der Waals surface area (Å²) in [5, 5.41) is 11.0. The van der Waals surface area contributed by atoms with Crippen LogP contribution in [-0.4, -0.2) is 53.4 Å². The Bertz CT molecular complexity index is 1360. The molecule has 0 saturated heterocycles. The molecule has 212 valence electrons. The molecule has 0 aliphatic heterocycles. The highest BCUT2D eigenvalue weighted by atomic mass is 127. The third-order valence-electron chi connectivity index (χ3n) is 7.30. The Morgan fingerprint density at radius 1 is 1.33 bits per heavy atom. The van der Waals surface area contributed by atoms with E-state index in [-0.39, 0.29) is 29.7 Å². The van der Waals surface area contributed by atoms with Crippen LogP contribution in [0.2, 0.25) is 0 Å². The number of alkyl halides is 3. The van der Waals surface area contributed by atoms with E-state index in [1.165, 1.54) is 13.8 Å². The number of ketones is 1. The van der Waals surface area contributed by atoms with Crippen LogP contribution in [0.5, 0.6) is 0 Å². The number of H-pyrrole nitrogens is 1. The van der Waals surface area contributed by atoms with E-state index in [0.717, 1.165) is 0 Å². The maximum atomic E-state index is 14.7. The van der Waals surface area contributed by atoms with E-state index in [9.17, 15) is 18.4 Å². The molecule has 1 saturated carbocycles. The highest BCUT2D eigenvalue weighted by Gasteiger charge is 2.41. The standard InChI is InChI=1S/C26H34F2IN6O3P/c1-6-17(36)19(32-25(3,4)27)15-7-8-16-20(22(15)39)31-23(30-16)21(14-9-11-26(28,29)12-10-14)35(5)24(37)18-13(2)33-38-34-18/h7-8,14,19,21,32H,6,9-12,39H2,1-5H3,(H,30,31)/t14?,19-,21-,26?/m0/s1. The number of benzene rings is 1. The third kappa shape index (κ3) is 6.48. The van der Waals surface area contributed by atoms with Crippen LogP contribution in [0.1, 0.15) is 92.5 Å². The van der Waals surface area contributed by atoms with Crippen molar-refractivity contribution in [1.29, 1.82) is 0 Å². The number of carbonyl (C=O) groups excluding carboxylic acids is 2. The lowest BCUT2D eigenvalue weighted by atomic mass is 9.82. The van der Waals surface area contributed by atoms with Gasteiger partial charge in [-0.25, -0.2) is 18.4 Å². The van der Waals surface area contributed by atoms with E-state index < -0.39 is 21.6 Å². The van der Waals surface area contributed by atoms with E-state index in [0.29, 0.717) is 59.1 Å². The lowest BCUT2D eigenvalue weighted by Gasteiger charge is -2.38. The summed E-state index contributed by atoms with van der Waals surface area (Å²) in [6.45, 7) is 6.12. The van der Waals surface area contributed by atoms with Crippen LogP contribution in [0.4, 0.5) is 8.78 Å². The molecule has 39 heavy (non-hydrogen) atoms. The van der Waals surface area contributed by atoms with E-state index in [1.54, 1.807) is 37.9 Å². The van der Waals surface area contributed by atoms with Crippen molar-refractivity contribution >= 4 is 59.9 Å². The number of aromatic amines is 1.